The molecule has 0 aliphatic heterocycles. The van der Waals surface area contributed by atoms with Gasteiger partial charge in [0, 0.05) is 29.9 Å². The van der Waals surface area contributed by atoms with Gasteiger partial charge >= 0.3 is 0 Å². The van der Waals surface area contributed by atoms with Gasteiger partial charge in [-0.25, -0.2) is 4.98 Å². The van der Waals surface area contributed by atoms with E-state index in [-0.39, 0.29) is 0 Å². The Morgan fingerprint density at radius 2 is 2.05 bits per heavy atom. The van der Waals surface area contributed by atoms with Crippen molar-refractivity contribution in [2.75, 3.05) is 18.5 Å². The van der Waals surface area contributed by atoms with Crippen molar-refractivity contribution in [3.8, 4) is 0 Å². The molecule has 20 heavy (non-hydrogen) atoms. The number of aromatic nitrogens is 1. The van der Waals surface area contributed by atoms with E-state index in [1.165, 1.54) is 0 Å². The van der Waals surface area contributed by atoms with Crippen LogP contribution >= 0.6 is 31.9 Å². The second-order valence-electron chi connectivity index (χ2n) is 5.17. The minimum Gasteiger partial charge on any atom is -0.378 e. The van der Waals surface area contributed by atoms with Gasteiger partial charge in [0.05, 0.1) is 10.6 Å². The molecule has 0 aromatic carbocycles. The lowest BCUT2D eigenvalue weighted by atomic mass is 9.94. The molecule has 1 aromatic rings. The summed E-state index contributed by atoms with van der Waals surface area (Å²) in [6, 6.07) is 2.37. The number of hydrogen-bond donors (Lipinski definition) is 2. The highest BCUT2D eigenvalue weighted by Crippen LogP contribution is 2.23. The van der Waals surface area contributed by atoms with Gasteiger partial charge in [0.25, 0.3) is 0 Å². The Balaban J connectivity index is 1.59. The first kappa shape index (κ1) is 16.2. The zero-order chi connectivity index (χ0) is 14.4. The summed E-state index contributed by atoms with van der Waals surface area (Å²) in [6.07, 6.45) is 7.58. The van der Waals surface area contributed by atoms with E-state index in [9.17, 15) is 0 Å². The minimum atomic E-state index is 0.386. The third kappa shape index (κ3) is 5.31. The van der Waals surface area contributed by atoms with Gasteiger partial charge in [0.1, 0.15) is 5.82 Å². The number of nitrogens with one attached hydrogen (secondary N) is 1. The Morgan fingerprint density at radius 1 is 1.30 bits per heavy atom. The second-order valence-corrected chi connectivity index (χ2v) is 6.94. The maximum atomic E-state index is 5.88. The van der Waals surface area contributed by atoms with Crippen molar-refractivity contribution in [1.29, 1.82) is 0 Å². The molecule has 1 aromatic heterocycles. The number of nitrogens with zero attached hydrogens (tertiary/aromatic N) is 1. The molecule has 0 saturated heterocycles. The Hall–Kier alpha value is -0.170. The van der Waals surface area contributed by atoms with E-state index in [0.29, 0.717) is 12.1 Å². The zero-order valence-corrected chi connectivity index (χ0v) is 14.6. The van der Waals surface area contributed by atoms with Crippen molar-refractivity contribution in [2.45, 2.75) is 44.2 Å². The van der Waals surface area contributed by atoms with Crippen LogP contribution in [-0.4, -0.2) is 30.3 Å². The first-order valence-corrected chi connectivity index (χ1v) is 8.66. The molecule has 1 aliphatic carbocycles. The smallest absolute Gasteiger partial charge is 0.140 e. The largest absolute Gasteiger partial charge is 0.378 e. The fraction of sp³-hybridized carbons (Fsp3) is 0.643. The van der Waals surface area contributed by atoms with Crippen molar-refractivity contribution in [2.24, 2.45) is 5.73 Å². The first-order chi connectivity index (χ1) is 9.65. The molecule has 2 rings (SSSR count). The highest BCUT2D eigenvalue weighted by Gasteiger charge is 2.18. The van der Waals surface area contributed by atoms with Gasteiger partial charge in [-0.2, -0.15) is 0 Å². The fourth-order valence-corrected chi connectivity index (χ4v) is 3.46. The average Bonchev–Trinajstić information content (AvgIpc) is 2.42. The van der Waals surface area contributed by atoms with Gasteiger partial charge in [-0.3, -0.25) is 0 Å². The molecule has 4 nitrogen and oxygen atoms in total. The molecule has 0 bridgehead atoms. The van der Waals surface area contributed by atoms with Crippen molar-refractivity contribution < 1.29 is 4.74 Å². The summed E-state index contributed by atoms with van der Waals surface area (Å²) in [5.74, 6) is 0.872. The number of halogens is 2. The standard InChI is InChI=1S/C14H21Br2N3O/c15-10-8-13(16)14(19-9-10)18-6-1-7-20-12-4-2-11(17)3-5-12/h8-9,11-12H,1-7,17H2,(H,18,19). The predicted molar refractivity (Wildman–Crippen MR) is 88.9 cm³/mol. The zero-order valence-electron chi connectivity index (χ0n) is 11.4. The highest BCUT2D eigenvalue weighted by molar-refractivity contribution is 9.11. The lowest BCUT2D eigenvalue weighted by Crippen LogP contribution is -2.30. The number of hydrogen-bond acceptors (Lipinski definition) is 4. The third-order valence-corrected chi connectivity index (χ3v) is 4.53. The van der Waals surface area contributed by atoms with E-state index < -0.39 is 0 Å². The Morgan fingerprint density at radius 3 is 2.75 bits per heavy atom. The number of rotatable bonds is 6. The molecule has 3 N–H and O–H groups in total. The van der Waals surface area contributed by atoms with Gasteiger partial charge in [0.15, 0.2) is 0 Å². The maximum Gasteiger partial charge on any atom is 0.140 e. The number of anilines is 1. The minimum absolute atomic E-state index is 0.386. The molecule has 0 radical (unpaired) electrons. The van der Waals surface area contributed by atoms with E-state index in [1.807, 2.05) is 6.07 Å². The van der Waals surface area contributed by atoms with Gasteiger partial charge in [-0.1, -0.05) is 0 Å². The summed E-state index contributed by atoms with van der Waals surface area (Å²) in [4.78, 5) is 4.31. The number of pyridine rings is 1. The van der Waals surface area contributed by atoms with E-state index in [0.717, 1.165) is 60.0 Å². The summed E-state index contributed by atoms with van der Waals surface area (Å²) < 4.78 is 7.82. The lowest BCUT2D eigenvalue weighted by Gasteiger charge is -2.26. The summed E-state index contributed by atoms with van der Waals surface area (Å²) in [6.45, 7) is 1.65. The molecular weight excluding hydrogens is 386 g/mol. The third-order valence-electron chi connectivity index (χ3n) is 3.49. The van der Waals surface area contributed by atoms with Crippen LogP contribution in [0.1, 0.15) is 32.1 Å². The van der Waals surface area contributed by atoms with Crippen LogP contribution in [0.5, 0.6) is 0 Å². The van der Waals surface area contributed by atoms with Crippen LogP contribution in [0.25, 0.3) is 0 Å². The first-order valence-electron chi connectivity index (χ1n) is 7.07. The van der Waals surface area contributed by atoms with Gasteiger partial charge < -0.3 is 15.8 Å². The molecule has 0 unspecified atom stereocenters. The molecular formula is C14H21Br2N3O. The quantitative estimate of drug-likeness (QED) is 0.707. The van der Waals surface area contributed by atoms with Gasteiger partial charge in [-0.05, 0) is 70.0 Å². The predicted octanol–water partition coefficient (Wildman–Crippen LogP) is 3.70. The number of nitrogens with two attached hydrogens (primary N) is 1. The van der Waals surface area contributed by atoms with Crippen LogP contribution in [0.2, 0.25) is 0 Å². The van der Waals surface area contributed by atoms with Crippen LogP contribution in [0.3, 0.4) is 0 Å². The van der Waals surface area contributed by atoms with E-state index in [2.05, 4.69) is 42.2 Å². The van der Waals surface area contributed by atoms with Crippen molar-refractivity contribution in [3.63, 3.8) is 0 Å². The van der Waals surface area contributed by atoms with Crippen LogP contribution in [0.4, 0.5) is 5.82 Å². The van der Waals surface area contributed by atoms with Crippen molar-refractivity contribution >= 4 is 37.7 Å². The van der Waals surface area contributed by atoms with Crippen molar-refractivity contribution in [1.82, 2.24) is 4.98 Å². The topological polar surface area (TPSA) is 60.2 Å². The Kier molecular flexibility index (Phi) is 6.74. The second kappa shape index (κ2) is 8.32. The molecule has 112 valence electrons. The van der Waals surface area contributed by atoms with E-state index in [4.69, 9.17) is 10.5 Å². The lowest BCUT2D eigenvalue weighted by molar-refractivity contribution is 0.0251. The van der Waals surface area contributed by atoms with E-state index >= 15 is 0 Å². The molecule has 0 amide bonds. The fourth-order valence-electron chi connectivity index (χ4n) is 2.33. The number of ether oxygens (including phenoxy) is 1. The summed E-state index contributed by atoms with van der Waals surface area (Å²) >= 11 is 6.87. The van der Waals surface area contributed by atoms with Crippen LogP contribution in [0.15, 0.2) is 21.2 Å². The molecule has 6 heteroatoms. The maximum absolute atomic E-state index is 5.88. The summed E-state index contributed by atoms with van der Waals surface area (Å²) in [5.41, 5.74) is 5.88. The Labute approximate surface area is 137 Å². The van der Waals surface area contributed by atoms with Crippen LogP contribution in [-0.2, 0) is 4.74 Å². The summed E-state index contributed by atoms with van der Waals surface area (Å²) in [7, 11) is 0. The molecule has 1 heterocycles. The molecule has 1 saturated carbocycles. The SMILES string of the molecule is NC1CCC(OCCCNc2ncc(Br)cc2Br)CC1. The molecule has 1 fully saturated rings. The van der Waals surface area contributed by atoms with Crippen molar-refractivity contribution in [3.05, 3.63) is 21.2 Å². The monoisotopic (exact) mass is 405 g/mol. The van der Waals surface area contributed by atoms with Crippen LogP contribution in [0, 0.1) is 0 Å². The average molecular weight is 407 g/mol. The molecule has 0 atom stereocenters. The molecule has 1 aliphatic rings. The normalized spacial score (nSPS) is 22.8. The summed E-state index contributed by atoms with van der Waals surface area (Å²) in [5, 5.41) is 3.31. The molecule has 0 spiro atoms. The van der Waals surface area contributed by atoms with Gasteiger partial charge in [-0.15, -0.1) is 0 Å². The van der Waals surface area contributed by atoms with E-state index in [1.54, 1.807) is 6.20 Å². The Bertz CT molecular complexity index is 423. The van der Waals surface area contributed by atoms with Crippen LogP contribution < -0.4 is 11.1 Å². The van der Waals surface area contributed by atoms with Gasteiger partial charge in [0.2, 0.25) is 0 Å². The highest BCUT2D eigenvalue weighted by atomic mass is 79.9.